The van der Waals surface area contributed by atoms with Crippen LogP contribution < -0.4 is 5.32 Å². The van der Waals surface area contributed by atoms with Gasteiger partial charge in [0.15, 0.2) is 0 Å². The fourth-order valence-electron chi connectivity index (χ4n) is 3.57. The minimum atomic E-state index is -0.310. The van der Waals surface area contributed by atoms with Crippen LogP contribution in [0, 0.1) is 5.92 Å². The molecule has 1 aliphatic carbocycles. The standard InChI is InChI=1S/C15H30N2O/c1-2-9-16-10-5-11-17-12-8-15(18)7-4-3-6-14(15)13-17/h14,16,18H,2-13H2,1H3. The van der Waals surface area contributed by atoms with Gasteiger partial charge in [0.25, 0.3) is 0 Å². The summed E-state index contributed by atoms with van der Waals surface area (Å²) >= 11 is 0. The SMILES string of the molecule is CCCNCCCN1CCC2(O)CCCCC2C1. The van der Waals surface area contributed by atoms with E-state index in [1.807, 2.05) is 0 Å². The van der Waals surface area contributed by atoms with E-state index in [2.05, 4.69) is 17.1 Å². The van der Waals surface area contributed by atoms with Crippen molar-refractivity contribution < 1.29 is 5.11 Å². The summed E-state index contributed by atoms with van der Waals surface area (Å²) in [6, 6.07) is 0. The summed E-state index contributed by atoms with van der Waals surface area (Å²) in [6.07, 6.45) is 8.29. The molecule has 2 N–H and O–H groups in total. The molecule has 2 fully saturated rings. The predicted octanol–water partition coefficient (Wildman–Crippen LogP) is 2.00. The van der Waals surface area contributed by atoms with Crippen molar-refractivity contribution in [1.29, 1.82) is 0 Å². The van der Waals surface area contributed by atoms with Crippen LogP contribution in [-0.2, 0) is 0 Å². The normalized spacial score (nSPS) is 33.3. The van der Waals surface area contributed by atoms with E-state index in [0.717, 1.165) is 39.0 Å². The van der Waals surface area contributed by atoms with Crippen molar-refractivity contribution in [3.05, 3.63) is 0 Å². The van der Waals surface area contributed by atoms with Crippen molar-refractivity contribution >= 4 is 0 Å². The fourth-order valence-corrected chi connectivity index (χ4v) is 3.57. The zero-order valence-corrected chi connectivity index (χ0v) is 12.0. The number of likely N-dealkylation sites (tertiary alicyclic amines) is 1. The number of nitrogens with zero attached hydrogens (tertiary/aromatic N) is 1. The maximum absolute atomic E-state index is 10.6. The van der Waals surface area contributed by atoms with Gasteiger partial charge in [0.05, 0.1) is 5.60 Å². The molecule has 0 aromatic rings. The van der Waals surface area contributed by atoms with Crippen molar-refractivity contribution in [2.75, 3.05) is 32.7 Å². The maximum atomic E-state index is 10.6. The topological polar surface area (TPSA) is 35.5 Å². The van der Waals surface area contributed by atoms with Gasteiger partial charge in [-0.05, 0) is 51.7 Å². The van der Waals surface area contributed by atoms with Gasteiger partial charge in [0, 0.05) is 19.0 Å². The van der Waals surface area contributed by atoms with Gasteiger partial charge in [0.2, 0.25) is 0 Å². The Hall–Kier alpha value is -0.120. The van der Waals surface area contributed by atoms with E-state index in [1.54, 1.807) is 0 Å². The van der Waals surface area contributed by atoms with E-state index in [0.29, 0.717) is 5.92 Å². The van der Waals surface area contributed by atoms with Crippen LogP contribution in [-0.4, -0.2) is 48.3 Å². The van der Waals surface area contributed by atoms with Crippen LogP contribution in [0.1, 0.15) is 51.9 Å². The molecule has 0 aromatic heterocycles. The highest BCUT2D eigenvalue weighted by Crippen LogP contribution is 2.39. The molecule has 2 rings (SSSR count). The third kappa shape index (κ3) is 3.69. The van der Waals surface area contributed by atoms with Crippen LogP contribution in [0.15, 0.2) is 0 Å². The first-order valence-electron chi connectivity index (χ1n) is 7.90. The Morgan fingerprint density at radius 1 is 1.28 bits per heavy atom. The number of rotatable bonds is 6. The van der Waals surface area contributed by atoms with Crippen LogP contribution in [0.2, 0.25) is 0 Å². The Bertz CT molecular complexity index is 247. The molecular weight excluding hydrogens is 224 g/mol. The molecule has 1 heterocycles. The second kappa shape index (κ2) is 6.88. The van der Waals surface area contributed by atoms with Crippen molar-refractivity contribution in [3.63, 3.8) is 0 Å². The van der Waals surface area contributed by atoms with Crippen molar-refractivity contribution in [1.82, 2.24) is 10.2 Å². The van der Waals surface area contributed by atoms with Gasteiger partial charge in [-0.25, -0.2) is 0 Å². The van der Waals surface area contributed by atoms with E-state index >= 15 is 0 Å². The number of hydrogen-bond acceptors (Lipinski definition) is 3. The molecule has 106 valence electrons. The van der Waals surface area contributed by atoms with Crippen molar-refractivity contribution in [2.45, 2.75) is 57.5 Å². The highest BCUT2D eigenvalue weighted by atomic mass is 16.3. The number of fused-ring (bicyclic) bond motifs is 1. The molecule has 18 heavy (non-hydrogen) atoms. The van der Waals surface area contributed by atoms with Crippen LogP contribution in [0.4, 0.5) is 0 Å². The Morgan fingerprint density at radius 3 is 3.00 bits per heavy atom. The number of aliphatic hydroxyl groups is 1. The van der Waals surface area contributed by atoms with Crippen LogP contribution in [0.25, 0.3) is 0 Å². The van der Waals surface area contributed by atoms with Crippen LogP contribution in [0.5, 0.6) is 0 Å². The fraction of sp³-hybridized carbons (Fsp3) is 1.00. The van der Waals surface area contributed by atoms with E-state index in [4.69, 9.17) is 0 Å². The molecule has 1 aliphatic heterocycles. The van der Waals surface area contributed by atoms with Gasteiger partial charge < -0.3 is 15.3 Å². The quantitative estimate of drug-likeness (QED) is 0.712. The lowest BCUT2D eigenvalue weighted by atomic mass is 9.71. The summed E-state index contributed by atoms with van der Waals surface area (Å²) in [6.45, 7) is 7.91. The first-order valence-corrected chi connectivity index (χ1v) is 7.90. The predicted molar refractivity (Wildman–Crippen MR) is 75.7 cm³/mol. The van der Waals surface area contributed by atoms with Crippen LogP contribution >= 0.6 is 0 Å². The Kier molecular flexibility index (Phi) is 5.46. The minimum Gasteiger partial charge on any atom is -0.390 e. The van der Waals surface area contributed by atoms with Gasteiger partial charge in [-0.2, -0.15) is 0 Å². The third-order valence-electron chi connectivity index (χ3n) is 4.77. The molecule has 2 aliphatic rings. The summed E-state index contributed by atoms with van der Waals surface area (Å²) in [5.41, 5.74) is -0.310. The summed E-state index contributed by atoms with van der Waals surface area (Å²) in [5.74, 6) is 0.545. The Balaban J connectivity index is 1.67. The highest BCUT2D eigenvalue weighted by Gasteiger charge is 2.42. The van der Waals surface area contributed by atoms with Gasteiger partial charge >= 0.3 is 0 Å². The average Bonchev–Trinajstić information content (AvgIpc) is 2.38. The van der Waals surface area contributed by atoms with Gasteiger partial charge in [-0.15, -0.1) is 0 Å². The van der Waals surface area contributed by atoms with E-state index in [-0.39, 0.29) is 5.60 Å². The summed E-state index contributed by atoms with van der Waals surface area (Å²) in [4.78, 5) is 2.57. The molecule has 3 nitrogen and oxygen atoms in total. The molecule has 1 saturated carbocycles. The third-order valence-corrected chi connectivity index (χ3v) is 4.77. The number of hydrogen-bond donors (Lipinski definition) is 2. The molecule has 0 amide bonds. The molecule has 0 aromatic carbocycles. The van der Waals surface area contributed by atoms with Gasteiger partial charge in [0.1, 0.15) is 0 Å². The Morgan fingerprint density at radius 2 is 2.17 bits per heavy atom. The first kappa shape index (κ1) is 14.3. The lowest BCUT2D eigenvalue weighted by Gasteiger charge is -2.47. The highest BCUT2D eigenvalue weighted by molar-refractivity contribution is 4.95. The molecule has 0 spiro atoms. The number of nitrogens with one attached hydrogen (secondary N) is 1. The molecule has 2 unspecified atom stereocenters. The molecule has 1 saturated heterocycles. The smallest absolute Gasteiger partial charge is 0.0700 e. The first-order chi connectivity index (χ1) is 8.74. The zero-order chi connectivity index (χ0) is 12.8. The van der Waals surface area contributed by atoms with Gasteiger partial charge in [-0.3, -0.25) is 0 Å². The lowest BCUT2D eigenvalue weighted by Crippen LogP contribution is -2.53. The largest absolute Gasteiger partial charge is 0.390 e. The monoisotopic (exact) mass is 254 g/mol. The second-order valence-corrected chi connectivity index (χ2v) is 6.20. The van der Waals surface area contributed by atoms with Gasteiger partial charge in [-0.1, -0.05) is 19.8 Å². The lowest BCUT2D eigenvalue weighted by molar-refractivity contribution is -0.0952. The summed E-state index contributed by atoms with van der Waals surface area (Å²) < 4.78 is 0. The van der Waals surface area contributed by atoms with E-state index < -0.39 is 0 Å². The van der Waals surface area contributed by atoms with Crippen molar-refractivity contribution in [3.8, 4) is 0 Å². The summed E-state index contributed by atoms with van der Waals surface area (Å²) in [7, 11) is 0. The van der Waals surface area contributed by atoms with E-state index in [9.17, 15) is 5.11 Å². The molecular formula is C15H30N2O. The van der Waals surface area contributed by atoms with Crippen LogP contribution in [0.3, 0.4) is 0 Å². The zero-order valence-electron chi connectivity index (χ0n) is 12.0. The maximum Gasteiger partial charge on any atom is 0.0700 e. The number of piperidine rings is 1. The molecule has 0 radical (unpaired) electrons. The second-order valence-electron chi connectivity index (χ2n) is 6.20. The minimum absolute atomic E-state index is 0.310. The summed E-state index contributed by atoms with van der Waals surface area (Å²) in [5, 5.41) is 14.1. The van der Waals surface area contributed by atoms with E-state index in [1.165, 1.54) is 38.6 Å². The molecule has 3 heteroatoms. The average molecular weight is 254 g/mol. The van der Waals surface area contributed by atoms with Crippen molar-refractivity contribution in [2.24, 2.45) is 5.92 Å². The molecule has 0 bridgehead atoms. The Labute approximate surface area is 112 Å². The molecule has 2 atom stereocenters.